The molecule has 0 radical (unpaired) electrons. The van der Waals surface area contributed by atoms with Crippen LogP contribution in [0.4, 0.5) is 0 Å². The van der Waals surface area contributed by atoms with E-state index in [0.717, 1.165) is 49.5 Å². The Morgan fingerprint density at radius 1 is 0.929 bits per heavy atom. The van der Waals surface area contributed by atoms with E-state index in [4.69, 9.17) is 25.8 Å². The fourth-order valence-corrected chi connectivity index (χ4v) is 2.92. The van der Waals surface area contributed by atoms with Crippen LogP contribution in [0.15, 0.2) is 42.5 Å². The number of halogens is 1. The number of nitrogens with one attached hydrogen (secondary N) is 1. The maximum atomic E-state index is 6.48. The third-order valence-electron chi connectivity index (χ3n) is 4.25. The molecule has 0 atom stereocenters. The molecule has 2 aromatic rings. The summed E-state index contributed by atoms with van der Waals surface area (Å²) in [5.74, 6) is 1.39. The molecule has 0 aromatic heterocycles. The first kappa shape index (κ1) is 22.5. The van der Waals surface area contributed by atoms with Crippen LogP contribution in [-0.2, 0) is 17.9 Å². The zero-order chi connectivity index (χ0) is 20.0. The van der Waals surface area contributed by atoms with Crippen LogP contribution in [0.5, 0.6) is 11.5 Å². The van der Waals surface area contributed by atoms with Gasteiger partial charge in [0, 0.05) is 30.8 Å². The minimum Gasteiger partial charge on any atom is -0.490 e. The standard InChI is InChI=1S/C23H32ClNO3/c1-3-5-13-26-14-9-12-25-17-20-15-22(27-4-2)23(16-21(20)24)28-18-19-10-7-6-8-11-19/h6-8,10-11,15-16,25H,3-5,9,12-14,17-18H2,1-2H3. The summed E-state index contributed by atoms with van der Waals surface area (Å²) in [6, 6.07) is 13.9. The van der Waals surface area contributed by atoms with Crippen LogP contribution in [0, 0.1) is 0 Å². The van der Waals surface area contributed by atoms with Gasteiger partial charge in [-0.25, -0.2) is 0 Å². The quantitative estimate of drug-likeness (QED) is 0.414. The van der Waals surface area contributed by atoms with Crippen LogP contribution >= 0.6 is 11.6 Å². The first-order valence-electron chi connectivity index (χ1n) is 10.1. The van der Waals surface area contributed by atoms with E-state index in [0.29, 0.717) is 30.5 Å². The molecule has 0 fully saturated rings. The molecule has 5 heteroatoms. The van der Waals surface area contributed by atoms with Crippen molar-refractivity contribution in [1.29, 1.82) is 0 Å². The third kappa shape index (κ3) is 8.09. The minimum atomic E-state index is 0.479. The first-order valence-corrected chi connectivity index (χ1v) is 10.5. The van der Waals surface area contributed by atoms with Crippen molar-refractivity contribution in [3.8, 4) is 11.5 Å². The van der Waals surface area contributed by atoms with E-state index in [9.17, 15) is 0 Å². The van der Waals surface area contributed by atoms with Crippen LogP contribution in [-0.4, -0.2) is 26.4 Å². The lowest BCUT2D eigenvalue weighted by molar-refractivity contribution is 0.129. The zero-order valence-electron chi connectivity index (χ0n) is 17.0. The number of ether oxygens (including phenoxy) is 3. The highest BCUT2D eigenvalue weighted by Crippen LogP contribution is 2.34. The highest BCUT2D eigenvalue weighted by Gasteiger charge is 2.11. The van der Waals surface area contributed by atoms with Crippen molar-refractivity contribution in [3.63, 3.8) is 0 Å². The van der Waals surface area contributed by atoms with Gasteiger partial charge < -0.3 is 19.5 Å². The van der Waals surface area contributed by atoms with E-state index in [1.54, 1.807) is 0 Å². The second kappa shape index (κ2) is 13.4. The summed E-state index contributed by atoms with van der Waals surface area (Å²) in [6.07, 6.45) is 3.28. The maximum Gasteiger partial charge on any atom is 0.163 e. The van der Waals surface area contributed by atoms with E-state index in [-0.39, 0.29) is 0 Å². The Morgan fingerprint density at radius 3 is 2.43 bits per heavy atom. The van der Waals surface area contributed by atoms with Gasteiger partial charge in [-0.1, -0.05) is 55.3 Å². The lowest BCUT2D eigenvalue weighted by Crippen LogP contribution is -2.17. The van der Waals surface area contributed by atoms with Gasteiger partial charge in [-0.2, -0.15) is 0 Å². The highest BCUT2D eigenvalue weighted by molar-refractivity contribution is 6.31. The van der Waals surface area contributed by atoms with E-state index in [1.807, 2.05) is 49.4 Å². The van der Waals surface area contributed by atoms with E-state index < -0.39 is 0 Å². The molecule has 0 bridgehead atoms. The topological polar surface area (TPSA) is 39.7 Å². The van der Waals surface area contributed by atoms with Gasteiger partial charge >= 0.3 is 0 Å². The average Bonchev–Trinajstić information content (AvgIpc) is 2.71. The van der Waals surface area contributed by atoms with Crippen molar-refractivity contribution in [2.45, 2.75) is 46.3 Å². The highest BCUT2D eigenvalue weighted by atomic mass is 35.5. The van der Waals surface area contributed by atoms with Crippen LogP contribution in [0.25, 0.3) is 0 Å². The first-order chi connectivity index (χ1) is 13.7. The van der Waals surface area contributed by atoms with Gasteiger partial charge in [0.2, 0.25) is 0 Å². The molecule has 0 spiro atoms. The van der Waals surface area contributed by atoms with Crippen molar-refractivity contribution in [3.05, 3.63) is 58.6 Å². The van der Waals surface area contributed by atoms with Gasteiger partial charge in [-0.15, -0.1) is 0 Å². The van der Waals surface area contributed by atoms with E-state index in [1.165, 1.54) is 6.42 Å². The van der Waals surface area contributed by atoms with Crippen LogP contribution in [0.3, 0.4) is 0 Å². The fourth-order valence-electron chi connectivity index (χ4n) is 2.70. The molecule has 2 aromatic carbocycles. The Kier molecular flexibility index (Phi) is 10.8. The van der Waals surface area contributed by atoms with Gasteiger partial charge in [-0.05, 0) is 43.5 Å². The van der Waals surface area contributed by atoms with Crippen molar-refractivity contribution in [2.24, 2.45) is 0 Å². The largest absolute Gasteiger partial charge is 0.490 e. The van der Waals surface area contributed by atoms with Crippen molar-refractivity contribution in [1.82, 2.24) is 5.32 Å². The SMILES string of the molecule is CCCCOCCCNCc1cc(OCC)c(OCc2ccccc2)cc1Cl. The molecule has 0 saturated heterocycles. The average molecular weight is 406 g/mol. The van der Waals surface area contributed by atoms with Crippen LogP contribution in [0.2, 0.25) is 5.02 Å². The Balaban J connectivity index is 1.86. The van der Waals surface area contributed by atoms with Gasteiger partial charge in [0.05, 0.1) is 6.61 Å². The van der Waals surface area contributed by atoms with Crippen LogP contribution < -0.4 is 14.8 Å². The minimum absolute atomic E-state index is 0.479. The summed E-state index contributed by atoms with van der Waals surface area (Å²) in [6.45, 7) is 8.40. The molecule has 0 unspecified atom stereocenters. The summed E-state index contributed by atoms with van der Waals surface area (Å²) in [5.41, 5.74) is 2.11. The summed E-state index contributed by atoms with van der Waals surface area (Å²) in [7, 11) is 0. The van der Waals surface area contributed by atoms with E-state index >= 15 is 0 Å². The molecule has 0 heterocycles. The Labute approximate surface area is 174 Å². The Morgan fingerprint density at radius 2 is 1.68 bits per heavy atom. The summed E-state index contributed by atoms with van der Waals surface area (Å²) < 4.78 is 17.3. The molecule has 0 aliphatic rings. The van der Waals surface area contributed by atoms with Gasteiger partial charge in [0.15, 0.2) is 11.5 Å². The molecule has 1 N–H and O–H groups in total. The molecule has 28 heavy (non-hydrogen) atoms. The van der Waals surface area contributed by atoms with Gasteiger partial charge in [0.25, 0.3) is 0 Å². The summed E-state index contributed by atoms with van der Waals surface area (Å²) in [5, 5.41) is 4.10. The maximum absolute atomic E-state index is 6.48. The molecule has 0 saturated carbocycles. The molecule has 2 rings (SSSR count). The predicted molar refractivity (Wildman–Crippen MR) is 115 cm³/mol. The normalized spacial score (nSPS) is 10.8. The third-order valence-corrected chi connectivity index (χ3v) is 4.60. The Hall–Kier alpha value is -1.75. The van der Waals surface area contributed by atoms with Crippen molar-refractivity contribution < 1.29 is 14.2 Å². The molecule has 0 aliphatic heterocycles. The number of rotatable bonds is 14. The van der Waals surface area contributed by atoms with Gasteiger partial charge in [-0.3, -0.25) is 0 Å². The molecular weight excluding hydrogens is 374 g/mol. The fraction of sp³-hybridized carbons (Fsp3) is 0.478. The van der Waals surface area contributed by atoms with Crippen LogP contribution in [0.1, 0.15) is 44.2 Å². The second-order valence-electron chi connectivity index (χ2n) is 6.59. The van der Waals surface area contributed by atoms with Gasteiger partial charge in [0.1, 0.15) is 6.61 Å². The molecular formula is C23H32ClNO3. The Bertz CT molecular complexity index is 679. The van der Waals surface area contributed by atoms with Crippen molar-refractivity contribution >= 4 is 11.6 Å². The molecule has 154 valence electrons. The predicted octanol–water partition coefficient (Wildman–Crippen LogP) is 5.61. The number of hydrogen-bond acceptors (Lipinski definition) is 4. The monoisotopic (exact) mass is 405 g/mol. The molecule has 4 nitrogen and oxygen atoms in total. The summed E-state index contributed by atoms with van der Waals surface area (Å²) in [4.78, 5) is 0. The van der Waals surface area contributed by atoms with E-state index in [2.05, 4.69) is 12.2 Å². The molecule has 0 aliphatic carbocycles. The lowest BCUT2D eigenvalue weighted by atomic mass is 10.2. The lowest BCUT2D eigenvalue weighted by Gasteiger charge is -2.15. The number of hydrogen-bond donors (Lipinski definition) is 1. The summed E-state index contributed by atoms with van der Waals surface area (Å²) >= 11 is 6.48. The molecule has 0 amide bonds. The number of benzene rings is 2. The smallest absolute Gasteiger partial charge is 0.163 e. The number of unbranched alkanes of at least 4 members (excludes halogenated alkanes) is 1. The second-order valence-corrected chi connectivity index (χ2v) is 7.00. The zero-order valence-corrected chi connectivity index (χ0v) is 17.8. The van der Waals surface area contributed by atoms with Crippen molar-refractivity contribution in [2.75, 3.05) is 26.4 Å².